The molecule has 2 heterocycles. The summed E-state index contributed by atoms with van der Waals surface area (Å²) in [5.41, 5.74) is 2.93. The third-order valence-electron chi connectivity index (χ3n) is 3.17. The number of hydrogen-bond acceptors (Lipinski definition) is 2. The van der Waals surface area contributed by atoms with Crippen LogP contribution in [-0.4, -0.2) is 35.2 Å². The lowest BCUT2D eigenvalue weighted by molar-refractivity contribution is 0.372. The topological polar surface area (TPSA) is 31.9 Å². The van der Waals surface area contributed by atoms with E-state index in [1.807, 2.05) is 0 Å². The molecule has 0 unspecified atom stereocenters. The van der Waals surface area contributed by atoms with Crippen molar-refractivity contribution >= 4 is 16.5 Å². The first kappa shape index (κ1) is 10.5. The Hall–Kier alpha value is -1.68. The van der Waals surface area contributed by atoms with E-state index in [9.17, 15) is 4.39 Å². The average Bonchev–Trinajstić information content (AvgIpc) is 2.71. The van der Waals surface area contributed by atoms with Gasteiger partial charge >= 0.3 is 0 Å². The van der Waals surface area contributed by atoms with Gasteiger partial charge in [0.05, 0.1) is 11.2 Å². The first-order valence-corrected chi connectivity index (χ1v) is 5.75. The molecule has 0 radical (unpaired) electrons. The van der Waals surface area contributed by atoms with Crippen molar-refractivity contribution in [2.45, 2.75) is 6.42 Å². The van der Waals surface area contributed by atoms with Crippen molar-refractivity contribution in [3.05, 3.63) is 35.8 Å². The summed E-state index contributed by atoms with van der Waals surface area (Å²) in [6.45, 7) is 1.98. The van der Waals surface area contributed by atoms with Crippen LogP contribution in [0.5, 0.6) is 0 Å². The second kappa shape index (κ2) is 3.96. The van der Waals surface area contributed by atoms with Crippen LogP contribution in [0.1, 0.15) is 12.1 Å². The van der Waals surface area contributed by atoms with Crippen molar-refractivity contribution in [1.82, 2.24) is 15.1 Å². The highest BCUT2D eigenvalue weighted by Gasteiger charge is 2.15. The predicted molar refractivity (Wildman–Crippen MR) is 66.1 cm³/mol. The minimum Gasteiger partial charge on any atom is -0.302 e. The van der Waals surface area contributed by atoms with Crippen molar-refractivity contribution < 1.29 is 4.39 Å². The van der Waals surface area contributed by atoms with Crippen LogP contribution in [0.15, 0.2) is 24.3 Å². The van der Waals surface area contributed by atoms with E-state index in [1.54, 1.807) is 6.07 Å². The Balaban J connectivity index is 2.09. The molecule has 1 aliphatic rings. The lowest BCUT2D eigenvalue weighted by Gasteiger charge is -2.21. The highest BCUT2D eigenvalue weighted by atomic mass is 19.1. The molecule has 1 N–H and O–H groups in total. The molecular formula is C13H14FN3. The van der Waals surface area contributed by atoms with Crippen LogP contribution in [0.25, 0.3) is 16.5 Å². The summed E-state index contributed by atoms with van der Waals surface area (Å²) in [6.07, 6.45) is 3.26. The fraction of sp³-hybridized carbons (Fsp3) is 0.308. The van der Waals surface area contributed by atoms with Crippen LogP contribution in [0.4, 0.5) is 4.39 Å². The third kappa shape index (κ3) is 1.85. The molecular weight excluding hydrogens is 217 g/mol. The summed E-state index contributed by atoms with van der Waals surface area (Å²) in [5, 5.41) is 8.19. The SMILES string of the molecule is CN1CCC=C(c2n[nH]c3cc(F)ccc23)C1. The highest BCUT2D eigenvalue weighted by Crippen LogP contribution is 2.25. The molecule has 0 spiro atoms. The molecule has 0 bridgehead atoms. The maximum absolute atomic E-state index is 13.1. The standard InChI is InChI=1S/C13H14FN3/c1-17-6-2-3-9(8-17)13-11-5-4-10(14)7-12(11)15-16-13/h3-5,7H,2,6,8H2,1H3,(H,15,16). The lowest BCUT2D eigenvalue weighted by Crippen LogP contribution is -2.25. The second-order valence-electron chi connectivity index (χ2n) is 4.52. The number of aromatic amines is 1. The number of aromatic nitrogens is 2. The zero-order valence-electron chi connectivity index (χ0n) is 9.70. The Morgan fingerprint density at radius 2 is 2.29 bits per heavy atom. The molecule has 0 fully saturated rings. The van der Waals surface area contributed by atoms with Gasteiger partial charge in [-0.25, -0.2) is 4.39 Å². The molecule has 0 aliphatic carbocycles. The number of rotatable bonds is 1. The molecule has 4 heteroatoms. The van der Waals surface area contributed by atoms with Gasteiger partial charge < -0.3 is 4.90 Å². The lowest BCUT2D eigenvalue weighted by atomic mass is 10.0. The van der Waals surface area contributed by atoms with E-state index in [0.717, 1.165) is 36.1 Å². The second-order valence-corrected chi connectivity index (χ2v) is 4.52. The number of hydrogen-bond donors (Lipinski definition) is 1. The minimum absolute atomic E-state index is 0.234. The van der Waals surface area contributed by atoms with Crippen LogP contribution in [0, 0.1) is 5.82 Å². The summed E-state index contributed by atoms with van der Waals surface area (Å²) in [6, 6.07) is 4.76. The maximum Gasteiger partial charge on any atom is 0.125 e. The molecule has 3 nitrogen and oxygen atoms in total. The monoisotopic (exact) mass is 231 g/mol. The Kier molecular flexibility index (Phi) is 2.44. The summed E-state index contributed by atoms with van der Waals surface area (Å²) < 4.78 is 13.1. The van der Waals surface area contributed by atoms with Crippen molar-refractivity contribution in [3.8, 4) is 0 Å². The highest BCUT2D eigenvalue weighted by molar-refractivity contribution is 5.90. The third-order valence-corrected chi connectivity index (χ3v) is 3.17. The number of nitrogens with zero attached hydrogens (tertiary/aromatic N) is 2. The van der Waals surface area contributed by atoms with E-state index in [-0.39, 0.29) is 5.82 Å². The quantitative estimate of drug-likeness (QED) is 0.817. The number of halogens is 1. The molecule has 0 atom stereocenters. The zero-order valence-corrected chi connectivity index (χ0v) is 9.70. The summed E-state index contributed by atoms with van der Waals surface area (Å²) in [7, 11) is 2.10. The first-order chi connectivity index (χ1) is 8.24. The van der Waals surface area contributed by atoms with Crippen LogP contribution >= 0.6 is 0 Å². The van der Waals surface area contributed by atoms with Gasteiger partial charge in [0.25, 0.3) is 0 Å². The van der Waals surface area contributed by atoms with E-state index in [0.29, 0.717) is 0 Å². The number of H-pyrrole nitrogens is 1. The molecule has 0 saturated carbocycles. The van der Waals surface area contributed by atoms with E-state index >= 15 is 0 Å². The maximum atomic E-state index is 13.1. The van der Waals surface area contributed by atoms with Gasteiger partial charge in [0.1, 0.15) is 5.82 Å². The Labute approximate surface area is 98.9 Å². The average molecular weight is 231 g/mol. The van der Waals surface area contributed by atoms with Gasteiger partial charge in [-0.15, -0.1) is 0 Å². The number of fused-ring (bicyclic) bond motifs is 1. The van der Waals surface area contributed by atoms with Crippen LogP contribution in [0.3, 0.4) is 0 Å². The number of benzene rings is 1. The number of likely N-dealkylation sites (N-methyl/N-ethyl adjacent to an activating group) is 1. The molecule has 0 amide bonds. The largest absolute Gasteiger partial charge is 0.302 e. The summed E-state index contributed by atoms with van der Waals surface area (Å²) in [4.78, 5) is 2.26. The molecule has 3 rings (SSSR count). The molecule has 17 heavy (non-hydrogen) atoms. The van der Waals surface area contributed by atoms with Gasteiger partial charge in [0.2, 0.25) is 0 Å². The van der Waals surface area contributed by atoms with Crippen LogP contribution < -0.4 is 0 Å². The van der Waals surface area contributed by atoms with Crippen molar-refractivity contribution in [2.75, 3.05) is 20.1 Å². The van der Waals surface area contributed by atoms with E-state index < -0.39 is 0 Å². The smallest absolute Gasteiger partial charge is 0.125 e. The van der Waals surface area contributed by atoms with Gasteiger partial charge in [-0.05, 0) is 37.2 Å². The van der Waals surface area contributed by atoms with Crippen molar-refractivity contribution in [3.63, 3.8) is 0 Å². The first-order valence-electron chi connectivity index (χ1n) is 5.75. The van der Waals surface area contributed by atoms with Gasteiger partial charge in [0.15, 0.2) is 0 Å². The molecule has 2 aromatic rings. The fourth-order valence-corrected chi connectivity index (χ4v) is 2.30. The summed E-state index contributed by atoms with van der Waals surface area (Å²) >= 11 is 0. The van der Waals surface area contributed by atoms with Gasteiger partial charge in [-0.3, -0.25) is 5.10 Å². The van der Waals surface area contributed by atoms with Gasteiger partial charge in [-0.2, -0.15) is 5.10 Å². The van der Waals surface area contributed by atoms with Gasteiger partial charge in [0, 0.05) is 18.5 Å². The normalized spacial score (nSPS) is 17.4. The van der Waals surface area contributed by atoms with Crippen molar-refractivity contribution in [1.29, 1.82) is 0 Å². The molecule has 1 aromatic heterocycles. The predicted octanol–water partition coefficient (Wildman–Crippen LogP) is 2.42. The Morgan fingerprint density at radius 3 is 3.12 bits per heavy atom. The van der Waals surface area contributed by atoms with Crippen LogP contribution in [-0.2, 0) is 0 Å². The number of nitrogens with one attached hydrogen (secondary N) is 1. The summed E-state index contributed by atoms with van der Waals surface area (Å²) in [5.74, 6) is -0.234. The van der Waals surface area contributed by atoms with E-state index in [4.69, 9.17) is 0 Å². The van der Waals surface area contributed by atoms with E-state index in [1.165, 1.54) is 17.7 Å². The molecule has 1 aromatic carbocycles. The Morgan fingerprint density at radius 1 is 1.41 bits per heavy atom. The molecule has 88 valence electrons. The van der Waals surface area contributed by atoms with Crippen LogP contribution in [0.2, 0.25) is 0 Å². The molecule has 0 saturated heterocycles. The van der Waals surface area contributed by atoms with Gasteiger partial charge in [-0.1, -0.05) is 6.08 Å². The molecule has 1 aliphatic heterocycles. The fourth-order valence-electron chi connectivity index (χ4n) is 2.30. The minimum atomic E-state index is -0.234. The zero-order chi connectivity index (χ0) is 11.8. The Bertz CT molecular complexity index is 585. The van der Waals surface area contributed by atoms with E-state index in [2.05, 4.69) is 28.2 Å². The van der Waals surface area contributed by atoms with Crippen molar-refractivity contribution in [2.24, 2.45) is 0 Å².